The lowest BCUT2D eigenvalue weighted by molar-refractivity contribution is -0.139. The molecule has 1 unspecified atom stereocenters. The van der Waals surface area contributed by atoms with Crippen molar-refractivity contribution in [3.05, 3.63) is 30.3 Å². The minimum atomic E-state index is -0.744. The molecule has 1 saturated heterocycles. The molecule has 4 amide bonds. The summed E-state index contributed by atoms with van der Waals surface area (Å²) in [4.78, 5) is 39.1. The van der Waals surface area contributed by atoms with Crippen LogP contribution in [0.2, 0.25) is 0 Å². The second-order valence-corrected chi connectivity index (χ2v) is 5.87. The number of amides is 4. The first-order valence-corrected chi connectivity index (χ1v) is 7.60. The van der Waals surface area contributed by atoms with Gasteiger partial charge in [0.2, 0.25) is 11.8 Å². The van der Waals surface area contributed by atoms with Gasteiger partial charge in [0.1, 0.15) is 12.6 Å². The summed E-state index contributed by atoms with van der Waals surface area (Å²) in [6.45, 7) is 4.48. The van der Waals surface area contributed by atoms with Gasteiger partial charge in [-0.2, -0.15) is 0 Å². The SMILES string of the molecule is CC(C)C(NC(N)=O)C(=O)N1CCN(c2ccccc2)C(=O)C1. The fraction of sp³-hybridized carbons (Fsp3) is 0.438. The van der Waals surface area contributed by atoms with Crippen LogP contribution in [-0.4, -0.2) is 48.4 Å². The Morgan fingerprint density at radius 1 is 1.17 bits per heavy atom. The number of hydrogen-bond donors (Lipinski definition) is 2. The van der Waals surface area contributed by atoms with E-state index in [2.05, 4.69) is 5.32 Å². The third-order valence-corrected chi connectivity index (χ3v) is 3.83. The lowest BCUT2D eigenvalue weighted by atomic mass is 10.0. The molecule has 3 N–H and O–H groups in total. The van der Waals surface area contributed by atoms with Gasteiger partial charge in [0.25, 0.3) is 0 Å². The Kier molecular flexibility index (Phi) is 5.20. The van der Waals surface area contributed by atoms with Crippen molar-refractivity contribution in [2.24, 2.45) is 11.7 Å². The van der Waals surface area contributed by atoms with Crippen LogP contribution >= 0.6 is 0 Å². The summed E-state index contributed by atoms with van der Waals surface area (Å²) in [7, 11) is 0. The quantitative estimate of drug-likeness (QED) is 0.849. The fourth-order valence-electron chi connectivity index (χ4n) is 2.61. The first-order valence-electron chi connectivity index (χ1n) is 7.60. The number of piperazine rings is 1. The maximum atomic E-state index is 12.5. The van der Waals surface area contributed by atoms with E-state index in [0.29, 0.717) is 13.1 Å². The number of anilines is 1. The minimum Gasteiger partial charge on any atom is -0.352 e. The first-order chi connectivity index (χ1) is 10.9. The van der Waals surface area contributed by atoms with E-state index in [9.17, 15) is 14.4 Å². The average Bonchev–Trinajstić information content (AvgIpc) is 2.52. The number of hydrogen-bond acceptors (Lipinski definition) is 3. The maximum Gasteiger partial charge on any atom is 0.312 e. The normalized spacial score (nSPS) is 16.4. The molecule has 0 spiro atoms. The second kappa shape index (κ2) is 7.13. The van der Waals surface area contributed by atoms with Crippen LogP contribution in [0.15, 0.2) is 30.3 Å². The number of rotatable bonds is 4. The van der Waals surface area contributed by atoms with Gasteiger partial charge in [-0.05, 0) is 18.1 Å². The van der Waals surface area contributed by atoms with Crippen LogP contribution in [0.3, 0.4) is 0 Å². The van der Waals surface area contributed by atoms with E-state index in [1.165, 1.54) is 4.90 Å². The van der Waals surface area contributed by atoms with Crippen LogP contribution in [0.25, 0.3) is 0 Å². The van der Waals surface area contributed by atoms with Crippen molar-refractivity contribution in [1.29, 1.82) is 0 Å². The fourth-order valence-corrected chi connectivity index (χ4v) is 2.61. The highest BCUT2D eigenvalue weighted by molar-refractivity contribution is 5.99. The van der Waals surface area contributed by atoms with Gasteiger partial charge >= 0.3 is 6.03 Å². The summed E-state index contributed by atoms with van der Waals surface area (Å²) in [5.41, 5.74) is 5.95. The number of carbonyl (C=O) groups excluding carboxylic acids is 3. The molecule has 2 rings (SSSR count). The molecule has 0 aliphatic carbocycles. The molecule has 0 bridgehead atoms. The topological polar surface area (TPSA) is 95.7 Å². The summed E-state index contributed by atoms with van der Waals surface area (Å²) in [5, 5.41) is 2.46. The van der Waals surface area contributed by atoms with Gasteiger partial charge in [0.05, 0.1) is 0 Å². The average molecular weight is 318 g/mol. The predicted molar refractivity (Wildman–Crippen MR) is 86.7 cm³/mol. The Hall–Kier alpha value is -2.57. The molecule has 0 saturated carbocycles. The Balaban J connectivity index is 2.05. The zero-order chi connectivity index (χ0) is 17.0. The highest BCUT2D eigenvalue weighted by atomic mass is 16.2. The van der Waals surface area contributed by atoms with Gasteiger partial charge in [-0.3, -0.25) is 9.59 Å². The van der Waals surface area contributed by atoms with Crippen molar-refractivity contribution in [3.63, 3.8) is 0 Å². The summed E-state index contributed by atoms with van der Waals surface area (Å²) in [6, 6.07) is 7.88. The number of benzene rings is 1. The van der Waals surface area contributed by atoms with Crippen LogP contribution < -0.4 is 16.0 Å². The maximum absolute atomic E-state index is 12.5. The third kappa shape index (κ3) is 4.00. The number of para-hydroxylation sites is 1. The van der Waals surface area contributed by atoms with Gasteiger partial charge in [-0.1, -0.05) is 32.0 Å². The smallest absolute Gasteiger partial charge is 0.312 e. The van der Waals surface area contributed by atoms with Crippen LogP contribution in [0.1, 0.15) is 13.8 Å². The largest absolute Gasteiger partial charge is 0.352 e. The van der Waals surface area contributed by atoms with E-state index in [1.807, 2.05) is 44.2 Å². The molecule has 1 aromatic carbocycles. The molecule has 1 aromatic rings. The molecule has 1 aliphatic heterocycles. The summed E-state index contributed by atoms with van der Waals surface area (Å²) in [5.74, 6) is -0.533. The molecule has 7 heteroatoms. The Morgan fingerprint density at radius 2 is 1.83 bits per heavy atom. The van der Waals surface area contributed by atoms with Gasteiger partial charge in [0.15, 0.2) is 0 Å². The Morgan fingerprint density at radius 3 is 2.35 bits per heavy atom. The highest BCUT2D eigenvalue weighted by Gasteiger charge is 2.33. The monoisotopic (exact) mass is 318 g/mol. The van der Waals surface area contributed by atoms with Crippen molar-refractivity contribution in [2.45, 2.75) is 19.9 Å². The van der Waals surface area contributed by atoms with Crippen LogP contribution in [-0.2, 0) is 9.59 Å². The van der Waals surface area contributed by atoms with Crippen molar-refractivity contribution < 1.29 is 14.4 Å². The lowest BCUT2D eigenvalue weighted by Gasteiger charge is -2.36. The van der Waals surface area contributed by atoms with Crippen LogP contribution in [0.4, 0.5) is 10.5 Å². The highest BCUT2D eigenvalue weighted by Crippen LogP contribution is 2.17. The Bertz CT molecular complexity index is 588. The molecule has 1 atom stereocenters. The first kappa shape index (κ1) is 16.8. The molecular formula is C16H22N4O3. The molecule has 1 heterocycles. The number of nitrogens with two attached hydrogens (primary N) is 1. The number of urea groups is 1. The van der Waals surface area contributed by atoms with Gasteiger partial charge < -0.3 is 20.9 Å². The summed E-state index contributed by atoms with van der Waals surface area (Å²) < 4.78 is 0. The van der Waals surface area contributed by atoms with Crippen molar-refractivity contribution in [2.75, 3.05) is 24.5 Å². The predicted octanol–water partition coefficient (Wildman–Crippen LogP) is 0.555. The molecule has 0 aromatic heterocycles. The van der Waals surface area contributed by atoms with Gasteiger partial charge in [-0.25, -0.2) is 4.79 Å². The van der Waals surface area contributed by atoms with Crippen LogP contribution in [0, 0.1) is 5.92 Å². The van der Waals surface area contributed by atoms with Crippen molar-refractivity contribution in [3.8, 4) is 0 Å². The number of nitrogens with one attached hydrogen (secondary N) is 1. The third-order valence-electron chi connectivity index (χ3n) is 3.83. The van der Waals surface area contributed by atoms with E-state index in [4.69, 9.17) is 5.73 Å². The standard InChI is InChI=1S/C16H22N4O3/c1-11(2)14(18-16(17)23)15(22)19-8-9-20(13(21)10-19)12-6-4-3-5-7-12/h3-7,11,14H,8-10H2,1-2H3,(H3,17,18,23). The van der Waals surface area contributed by atoms with E-state index < -0.39 is 12.1 Å². The molecular weight excluding hydrogens is 296 g/mol. The minimum absolute atomic E-state index is 0.00259. The van der Waals surface area contributed by atoms with E-state index in [-0.39, 0.29) is 24.3 Å². The number of nitrogens with zero attached hydrogens (tertiary/aromatic N) is 2. The molecule has 124 valence electrons. The van der Waals surface area contributed by atoms with Crippen molar-refractivity contribution in [1.82, 2.24) is 10.2 Å². The van der Waals surface area contributed by atoms with Gasteiger partial charge in [-0.15, -0.1) is 0 Å². The zero-order valence-electron chi connectivity index (χ0n) is 13.4. The van der Waals surface area contributed by atoms with E-state index in [0.717, 1.165) is 5.69 Å². The molecule has 0 radical (unpaired) electrons. The molecule has 7 nitrogen and oxygen atoms in total. The number of carbonyl (C=O) groups is 3. The van der Waals surface area contributed by atoms with Crippen LogP contribution in [0.5, 0.6) is 0 Å². The van der Waals surface area contributed by atoms with E-state index in [1.54, 1.807) is 4.90 Å². The number of primary amides is 1. The zero-order valence-corrected chi connectivity index (χ0v) is 13.4. The Labute approximate surface area is 135 Å². The summed E-state index contributed by atoms with van der Waals surface area (Å²) in [6.07, 6.45) is 0. The van der Waals surface area contributed by atoms with Gasteiger partial charge in [0, 0.05) is 18.8 Å². The summed E-state index contributed by atoms with van der Waals surface area (Å²) >= 11 is 0. The lowest BCUT2D eigenvalue weighted by Crippen LogP contribution is -2.58. The van der Waals surface area contributed by atoms with Crippen molar-refractivity contribution >= 4 is 23.5 Å². The molecule has 1 aliphatic rings. The molecule has 1 fully saturated rings. The van der Waals surface area contributed by atoms with E-state index >= 15 is 0 Å². The molecule has 23 heavy (non-hydrogen) atoms. The second-order valence-electron chi connectivity index (χ2n) is 5.87.